The molecule has 1 heterocycles. The van der Waals surface area contributed by atoms with Gasteiger partial charge in [0.05, 0.1) is 19.8 Å². The second-order valence-electron chi connectivity index (χ2n) is 3.96. The van der Waals surface area contributed by atoms with Crippen LogP contribution in [-0.4, -0.2) is 37.5 Å². The monoisotopic (exact) mass is 296 g/mol. The highest BCUT2D eigenvalue weighted by atomic mass is 32.1. The Morgan fingerprint density at radius 2 is 1.75 bits per heavy atom. The number of esters is 2. The molecule has 0 N–H and O–H groups in total. The molecule has 1 aliphatic heterocycles. The summed E-state index contributed by atoms with van der Waals surface area (Å²) in [6, 6.07) is 6.43. The van der Waals surface area contributed by atoms with Gasteiger partial charge in [-0.1, -0.05) is 12.1 Å². The number of rotatable bonds is 3. The molecule has 2 unspecified atom stereocenters. The number of benzene rings is 1. The highest BCUT2D eigenvalue weighted by Crippen LogP contribution is 2.31. The number of carbonyl (C=O) groups excluding carboxylic acids is 2. The third-order valence-corrected chi connectivity index (χ3v) is 3.01. The lowest BCUT2D eigenvalue weighted by Gasteiger charge is -2.14. The summed E-state index contributed by atoms with van der Waals surface area (Å²) in [7, 11) is 2.56. The van der Waals surface area contributed by atoms with Gasteiger partial charge in [0.25, 0.3) is 0 Å². The molecule has 1 aliphatic rings. The summed E-state index contributed by atoms with van der Waals surface area (Å²) in [6.45, 7) is 0. The molecular formula is C13H12O6S. The molecule has 1 fully saturated rings. The SMILES string of the molecule is COC(=O)c1ccc(C2OC(=S)OC2C(=O)OC)cc1. The zero-order chi connectivity index (χ0) is 14.7. The van der Waals surface area contributed by atoms with Gasteiger partial charge in [0.1, 0.15) is 0 Å². The van der Waals surface area contributed by atoms with Crippen LogP contribution in [0.5, 0.6) is 0 Å². The van der Waals surface area contributed by atoms with Gasteiger partial charge in [-0.05, 0) is 17.7 Å². The van der Waals surface area contributed by atoms with Gasteiger partial charge in [0.2, 0.25) is 6.10 Å². The summed E-state index contributed by atoms with van der Waals surface area (Å²) in [6.07, 6.45) is -1.64. The predicted molar refractivity (Wildman–Crippen MR) is 71.1 cm³/mol. The standard InChI is InChI=1S/C13H12O6S/c1-16-11(14)8-5-3-7(4-6-8)9-10(12(15)17-2)19-13(20)18-9/h3-6,9-10H,1-2H3. The Hall–Kier alpha value is -2.15. The van der Waals surface area contributed by atoms with Crippen molar-refractivity contribution in [2.24, 2.45) is 0 Å². The van der Waals surface area contributed by atoms with Gasteiger partial charge in [-0.2, -0.15) is 0 Å². The zero-order valence-electron chi connectivity index (χ0n) is 10.8. The van der Waals surface area contributed by atoms with Crippen LogP contribution < -0.4 is 0 Å². The summed E-state index contributed by atoms with van der Waals surface area (Å²) < 4.78 is 19.7. The Kier molecular flexibility index (Phi) is 4.19. The van der Waals surface area contributed by atoms with Crippen LogP contribution in [0.15, 0.2) is 24.3 Å². The van der Waals surface area contributed by atoms with E-state index in [0.29, 0.717) is 11.1 Å². The van der Waals surface area contributed by atoms with Crippen molar-refractivity contribution in [1.82, 2.24) is 0 Å². The van der Waals surface area contributed by atoms with Crippen LogP contribution in [0.3, 0.4) is 0 Å². The van der Waals surface area contributed by atoms with E-state index < -0.39 is 24.1 Å². The van der Waals surface area contributed by atoms with Gasteiger partial charge >= 0.3 is 17.2 Å². The van der Waals surface area contributed by atoms with Gasteiger partial charge in [-0.15, -0.1) is 0 Å². The number of ether oxygens (including phenoxy) is 4. The van der Waals surface area contributed by atoms with E-state index in [1.807, 2.05) is 0 Å². The van der Waals surface area contributed by atoms with Gasteiger partial charge < -0.3 is 18.9 Å². The van der Waals surface area contributed by atoms with Crippen LogP contribution >= 0.6 is 12.2 Å². The predicted octanol–water partition coefficient (Wildman–Crippen LogP) is 1.39. The van der Waals surface area contributed by atoms with E-state index in [9.17, 15) is 9.59 Å². The first kappa shape index (κ1) is 14.3. The maximum Gasteiger partial charge on any atom is 0.354 e. The minimum absolute atomic E-state index is 0.109. The second-order valence-corrected chi connectivity index (χ2v) is 4.30. The first-order valence-corrected chi connectivity index (χ1v) is 6.11. The van der Waals surface area contributed by atoms with Crippen molar-refractivity contribution in [2.45, 2.75) is 12.2 Å². The Morgan fingerprint density at radius 3 is 2.30 bits per heavy atom. The van der Waals surface area contributed by atoms with Crippen molar-refractivity contribution in [3.8, 4) is 0 Å². The van der Waals surface area contributed by atoms with Crippen molar-refractivity contribution in [3.63, 3.8) is 0 Å². The smallest absolute Gasteiger partial charge is 0.354 e. The lowest BCUT2D eigenvalue weighted by molar-refractivity contribution is -0.150. The lowest BCUT2D eigenvalue weighted by Crippen LogP contribution is -2.27. The quantitative estimate of drug-likeness (QED) is 0.616. The lowest BCUT2D eigenvalue weighted by atomic mass is 10.0. The Balaban J connectivity index is 2.23. The molecule has 1 aromatic rings. The average molecular weight is 296 g/mol. The van der Waals surface area contributed by atoms with Gasteiger partial charge in [-0.25, -0.2) is 9.59 Å². The molecule has 7 heteroatoms. The van der Waals surface area contributed by atoms with E-state index in [0.717, 1.165) is 0 Å². The highest BCUT2D eigenvalue weighted by Gasteiger charge is 2.41. The molecule has 0 aliphatic carbocycles. The van der Waals surface area contributed by atoms with E-state index in [4.69, 9.17) is 21.7 Å². The number of thiocarbonyl (C=S) groups is 1. The number of hydrogen-bond acceptors (Lipinski definition) is 7. The van der Waals surface area contributed by atoms with Crippen LogP contribution in [-0.2, 0) is 23.7 Å². The largest absolute Gasteiger partial charge is 0.466 e. The molecule has 0 amide bonds. The van der Waals surface area contributed by atoms with Crippen molar-refractivity contribution < 1.29 is 28.5 Å². The topological polar surface area (TPSA) is 71.1 Å². The van der Waals surface area contributed by atoms with Gasteiger partial charge in [0, 0.05) is 12.2 Å². The van der Waals surface area contributed by atoms with E-state index in [1.165, 1.54) is 14.2 Å². The fourth-order valence-electron chi connectivity index (χ4n) is 1.82. The molecule has 2 atom stereocenters. The van der Waals surface area contributed by atoms with E-state index in [2.05, 4.69) is 9.47 Å². The Bertz CT molecular complexity index is 538. The van der Waals surface area contributed by atoms with Gasteiger partial charge in [-0.3, -0.25) is 0 Å². The minimum Gasteiger partial charge on any atom is -0.466 e. The molecule has 106 valence electrons. The Labute approximate surface area is 120 Å². The zero-order valence-corrected chi connectivity index (χ0v) is 11.6. The molecule has 0 bridgehead atoms. The first-order valence-electron chi connectivity index (χ1n) is 5.70. The van der Waals surface area contributed by atoms with Crippen molar-refractivity contribution in [1.29, 1.82) is 0 Å². The summed E-state index contributed by atoms with van der Waals surface area (Å²) in [5.41, 5.74) is 1.04. The van der Waals surface area contributed by atoms with Crippen molar-refractivity contribution in [3.05, 3.63) is 35.4 Å². The normalized spacial score (nSPS) is 20.8. The van der Waals surface area contributed by atoms with Crippen LogP contribution in [0.25, 0.3) is 0 Å². The van der Waals surface area contributed by atoms with E-state index >= 15 is 0 Å². The highest BCUT2D eigenvalue weighted by molar-refractivity contribution is 7.79. The summed E-state index contributed by atoms with van der Waals surface area (Å²) >= 11 is 4.80. The number of hydrogen-bond donors (Lipinski definition) is 0. The Morgan fingerprint density at radius 1 is 1.10 bits per heavy atom. The third kappa shape index (κ3) is 2.72. The summed E-state index contributed by atoms with van der Waals surface area (Å²) in [5, 5.41) is -0.109. The molecule has 1 aromatic carbocycles. The maximum absolute atomic E-state index is 11.6. The molecular weight excluding hydrogens is 284 g/mol. The van der Waals surface area contributed by atoms with Crippen LogP contribution in [0.2, 0.25) is 0 Å². The van der Waals surface area contributed by atoms with Crippen molar-refractivity contribution in [2.75, 3.05) is 14.2 Å². The number of carbonyl (C=O) groups is 2. The summed E-state index contributed by atoms with van der Waals surface area (Å²) in [5.74, 6) is -1.02. The minimum atomic E-state index is -0.948. The molecule has 0 aromatic heterocycles. The molecule has 20 heavy (non-hydrogen) atoms. The molecule has 0 spiro atoms. The van der Waals surface area contributed by atoms with E-state index in [-0.39, 0.29) is 5.24 Å². The average Bonchev–Trinajstić information content (AvgIpc) is 2.87. The van der Waals surface area contributed by atoms with Crippen molar-refractivity contribution >= 4 is 29.4 Å². The third-order valence-electron chi connectivity index (χ3n) is 2.82. The maximum atomic E-state index is 11.6. The van der Waals surface area contributed by atoms with Gasteiger partial charge in [0.15, 0.2) is 6.10 Å². The van der Waals surface area contributed by atoms with Crippen LogP contribution in [0, 0.1) is 0 Å². The molecule has 2 rings (SSSR count). The molecule has 0 radical (unpaired) electrons. The molecule has 6 nitrogen and oxygen atoms in total. The fraction of sp³-hybridized carbons (Fsp3) is 0.308. The number of methoxy groups -OCH3 is 2. The van der Waals surface area contributed by atoms with Crippen LogP contribution in [0.1, 0.15) is 22.0 Å². The molecule has 0 saturated carbocycles. The first-order chi connectivity index (χ1) is 9.56. The molecule has 1 saturated heterocycles. The summed E-state index contributed by atoms with van der Waals surface area (Å²) in [4.78, 5) is 22.9. The van der Waals surface area contributed by atoms with Crippen LogP contribution in [0.4, 0.5) is 0 Å². The fourth-order valence-corrected chi connectivity index (χ4v) is 2.02. The van der Waals surface area contributed by atoms with E-state index in [1.54, 1.807) is 24.3 Å². The second kappa shape index (κ2) is 5.87.